The van der Waals surface area contributed by atoms with Crippen molar-refractivity contribution in [2.75, 3.05) is 6.61 Å². The van der Waals surface area contributed by atoms with Crippen LogP contribution in [0.3, 0.4) is 0 Å². The van der Waals surface area contributed by atoms with E-state index in [0.29, 0.717) is 22.3 Å². The molecule has 3 aromatic rings. The Hall–Kier alpha value is -2.34. The van der Waals surface area contributed by atoms with Gasteiger partial charge in [-0.15, -0.1) is 11.3 Å². The van der Waals surface area contributed by atoms with Gasteiger partial charge in [0, 0.05) is 20.9 Å². The Kier molecular flexibility index (Phi) is 5.63. The van der Waals surface area contributed by atoms with E-state index in [2.05, 4.69) is 0 Å². The monoisotopic (exact) mass is 420 g/mol. The summed E-state index contributed by atoms with van der Waals surface area (Å²) in [4.78, 5) is 0.872. The summed E-state index contributed by atoms with van der Waals surface area (Å²) in [5, 5.41) is 0. The summed E-state index contributed by atoms with van der Waals surface area (Å²) in [6.07, 6.45) is 4.40. The Morgan fingerprint density at radius 3 is 2.03 bits per heavy atom. The minimum absolute atomic E-state index is 0.0694. The molecule has 1 heterocycles. The first kappa shape index (κ1) is 20.0. The fraction of sp³-hybridized carbons (Fsp3) is 0.304. The lowest BCUT2D eigenvalue weighted by Crippen LogP contribution is -2.09. The topological polar surface area (TPSA) is 9.23 Å². The molecule has 1 aliphatic rings. The highest BCUT2D eigenvalue weighted by atomic mass is 32.1. The van der Waals surface area contributed by atoms with Crippen LogP contribution in [-0.4, -0.2) is 6.61 Å². The molecule has 1 aromatic heterocycles. The molecule has 0 radical (unpaired) electrons. The van der Waals surface area contributed by atoms with Gasteiger partial charge in [-0.3, -0.25) is 0 Å². The average molecular weight is 420 g/mol. The van der Waals surface area contributed by atoms with E-state index in [-0.39, 0.29) is 22.4 Å². The number of halogens is 4. The van der Waals surface area contributed by atoms with E-state index in [4.69, 9.17) is 4.74 Å². The van der Waals surface area contributed by atoms with Gasteiger partial charge >= 0.3 is 0 Å². The van der Waals surface area contributed by atoms with Crippen molar-refractivity contribution in [3.05, 3.63) is 65.2 Å². The van der Waals surface area contributed by atoms with Gasteiger partial charge in [-0.25, -0.2) is 13.2 Å². The fourth-order valence-corrected chi connectivity index (χ4v) is 4.73. The predicted molar refractivity (Wildman–Crippen MR) is 107 cm³/mol. The highest BCUT2D eigenvalue weighted by Crippen LogP contribution is 2.39. The number of benzene rings is 2. The molecule has 0 unspecified atom stereocenters. The van der Waals surface area contributed by atoms with Gasteiger partial charge in [0.2, 0.25) is 5.82 Å². The molecule has 1 saturated carbocycles. The second-order valence-corrected chi connectivity index (χ2v) is 8.51. The standard InChI is InChI=1S/C23H20F4OS/c1-13-6-7-15(21(25)20(13)24)18-10-11-19(29-18)16-8-9-17(23(27)22(16)26)28-12-14-4-2-3-5-14/h6-11,14H,2-5,12H2,1H3. The number of thiophene rings is 1. The van der Waals surface area contributed by atoms with Crippen LogP contribution >= 0.6 is 11.3 Å². The van der Waals surface area contributed by atoms with Crippen molar-refractivity contribution in [3.63, 3.8) is 0 Å². The lowest BCUT2D eigenvalue weighted by Gasteiger charge is -2.13. The molecule has 0 atom stereocenters. The molecule has 0 amide bonds. The zero-order valence-electron chi connectivity index (χ0n) is 15.9. The lowest BCUT2D eigenvalue weighted by atomic mass is 10.1. The van der Waals surface area contributed by atoms with E-state index in [1.165, 1.54) is 31.2 Å². The number of hydrogen-bond donors (Lipinski definition) is 0. The fourth-order valence-electron chi connectivity index (χ4n) is 3.68. The molecule has 0 N–H and O–H groups in total. The van der Waals surface area contributed by atoms with Gasteiger partial charge < -0.3 is 4.74 Å². The van der Waals surface area contributed by atoms with Crippen molar-refractivity contribution in [2.24, 2.45) is 5.92 Å². The van der Waals surface area contributed by atoms with Crippen molar-refractivity contribution in [2.45, 2.75) is 32.6 Å². The van der Waals surface area contributed by atoms with Gasteiger partial charge in [0.1, 0.15) is 0 Å². The minimum atomic E-state index is -1.02. The Morgan fingerprint density at radius 2 is 1.38 bits per heavy atom. The minimum Gasteiger partial charge on any atom is -0.490 e. The highest BCUT2D eigenvalue weighted by Gasteiger charge is 2.21. The smallest absolute Gasteiger partial charge is 0.201 e. The molecular weight excluding hydrogens is 400 g/mol. The van der Waals surface area contributed by atoms with Gasteiger partial charge in [0.25, 0.3) is 0 Å². The van der Waals surface area contributed by atoms with Crippen molar-refractivity contribution in [1.29, 1.82) is 0 Å². The quantitative estimate of drug-likeness (QED) is 0.388. The second kappa shape index (κ2) is 8.19. The van der Waals surface area contributed by atoms with Crippen LogP contribution < -0.4 is 4.74 Å². The summed E-state index contributed by atoms with van der Waals surface area (Å²) < 4.78 is 62.8. The number of aryl methyl sites for hydroxylation is 1. The zero-order valence-corrected chi connectivity index (χ0v) is 16.7. The third kappa shape index (κ3) is 3.90. The van der Waals surface area contributed by atoms with Gasteiger partial charge in [-0.05, 0) is 55.5 Å². The molecule has 0 aliphatic heterocycles. The van der Waals surface area contributed by atoms with Crippen LogP contribution in [0.5, 0.6) is 5.75 Å². The van der Waals surface area contributed by atoms with E-state index < -0.39 is 23.3 Å². The first-order valence-corrected chi connectivity index (χ1v) is 10.4. The van der Waals surface area contributed by atoms with Crippen LogP contribution in [0, 0.1) is 36.1 Å². The highest BCUT2D eigenvalue weighted by molar-refractivity contribution is 7.18. The normalized spacial score (nSPS) is 14.5. The van der Waals surface area contributed by atoms with Crippen molar-refractivity contribution >= 4 is 11.3 Å². The van der Waals surface area contributed by atoms with Crippen LogP contribution in [0.2, 0.25) is 0 Å². The summed E-state index contributed by atoms with van der Waals surface area (Å²) in [5.74, 6) is -3.58. The first-order valence-electron chi connectivity index (χ1n) is 9.61. The van der Waals surface area contributed by atoms with Crippen LogP contribution in [0.15, 0.2) is 36.4 Å². The Bertz CT molecular complexity index is 1040. The second-order valence-electron chi connectivity index (χ2n) is 7.42. The average Bonchev–Trinajstić information content (AvgIpc) is 3.40. The SMILES string of the molecule is Cc1ccc(-c2ccc(-c3ccc(OCC4CCCC4)c(F)c3F)s2)c(F)c1F. The maximum absolute atomic E-state index is 14.7. The number of rotatable bonds is 5. The largest absolute Gasteiger partial charge is 0.490 e. The molecule has 152 valence electrons. The van der Waals surface area contributed by atoms with E-state index in [9.17, 15) is 17.6 Å². The molecule has 1 nitrogen and oxygen atoms in total. The molecule has 1 aliphatic carbocycles. The van der Waals surface area contributed by atoms with Crippen LogP contribution in [0.1, 0.15) is 31.2 Å². The van der Waals surface area contributed by atoms with Gasteiger partial charge in [0.15, 0.2) is 23.2 Å². The summed E-state index contributed by atoms with van der Waals surface area (Å²) >= 11 is 1.08. The Balaban J connectivity index is 1.59. The molecule has 6 heteroatoms. The van der Waals surface area contributed by atoms with Crippen LogP contribution in [0.4, 0.5) is 17.6 Å². The zero-order chi connectivity index (χ0) is 20.5. The van der Waals surface area contributed by atoms with Crippen molar-refractivity contribution in [1.82, 2.24) is 0 Å². The predicted octanol–water partition coefficient (Wildman–Crippen LogP) is 7.52. The first-order chi connectivity index (χ1) is 14.0. The van der Waals surface area contributed by atoms with E-state index >= 15 is 0 Å². The molecule has 2 aromatic carbocycles. The van der Waals surface area contributed by atoms with Gasteiger partial charge in [-0.1, -0.05) is 25.0 Å². The maximum atomic E-state index is 14.7. The Labute approximate surface area is 171 Å². The third-order valence-electron chi connectivity index (χ3n) is 5.41. The summed E-state index contributed by atoms with van der Waals surface area (Å²) in [6, 6.07) is 9.02. The Morgan fingerprint density at radius 1 is 0.793 bits per heavy atom. The van der Waals surface area contributed by atoms with E-state index in [1.54, 1.807) is 12.1 Å². The molecule has 0 bridgehead atoms. The van der Waals surface area contributed by atoms with Gasteiger partial charge in [-0.2, -0.15) is 4.39 Å². The van der Waals surface area contributed by atoms with E-state index in [0.717, 1.165) is 37.0 Å². The van der Waals surface area contributed by atoms with Crippen LogP contribution in [-0.2, 0) is 0 Å². The molecule has 0 saturated heterocycles. The number of hydrogen-bond acceptors (Lipinski definition) is 2. The molecule has 0 spiro atoms. The van der Waals surface area contributed by atoms with Crippen molar-refractivity contribution < 1.29 is 22.3 Å². The molecular formula is C23H20F4OS. The van der Waals surface area contributed by atoms with Crippen molar-refractivity contribution in [3.8, 4) is 26.6 Å². The summed E-state index contributed by atoms with van der Waals surface area (Å²) in [7, 11) is 0. The molecule has 1 fully saturated rings. The van der Waals surface area contributed by atoms with Crippen LogP contribution in [0.25, 0.3) is 20.9 Å². The molecule has 29 heavy (non-hydrogen) atoms. The van der Waals surface area contributed by atoms with Gasteiger partial charge in [0.05, 0.1) is 6.61 Å². The lowest BCUT2D eigenvalue weighted by molar-refractivity contribution is 0.239. The maximum Gasteiger partial charge on any atom is 0.201 e. The third-order valence-corrected chi connectivity index (χ3v) is 6.56. The molecule has 4 rings (SSSR count). The summed E-state index contributed by atoms with van der Waals surface area (Å²) in [5.41, 5.74) is 0.381. The van der Waals surface area contributed by atoms with E-state index in [1.807, 2.05) is 0 Å². The number of ether oxygens (including phenoxy) is 1. The summed E-state index contributed by atoms with van der Waals surface area (Å²) in [6.45, 7) is 1.87.